The summed E-state index contributed by atoms with van der Waals surface area (Å²) in [5.74, 6) is 0.342. The quantitative estimate of drug-likeness (QED) is 0.839. The van der Waals surface area contributed by atoms with Crippen LogP contribution in [-0.2, 0) is 0 Å². The van der Waals surface area contributed by atoms with Crippen molar-refractivity contribution < 1.29 is 5.11 Å². The number of hydrogen-bond donors (Lipinski definition) is 1. The second-order valence-electron chi connectivity index (χ2n) is 5.09. The van der Waals surface area contributed by atoms with Gasteiger partial charge in [0.05, 0.1) is 6.10 Å². The molecule has 1 heteroatoms. The summed E-state index contributed by atoms with van der Waals surface area (Å²) in [7, 11) is 0. The van der Waals surface area contributed by atoms with Crippen LogP contribution in [0.5, 0.6) is 0 Å². The summed E-state index contributed by atoms with van der Waals surface area (Å²) in [6, 6.07) is 19.1. The van der Waals surface area contributed by atoms with Crippen molar-refractivity contribution in [2.24, 2.45) is 0 Å². The molecule has 1 saturated carbocycles. The van der Waals surface area contributed by atoms with Gasteiger partial charge < -0.3 is 5.11 Å². The number of rotatable bonds is 2. The predicted molar refractivity (Wildman–Crippen MR) is 74.5 cm³/mol. The molecule has 1 N–H and O–H groups in total. The van der Waals surface area contributed by atoms with E-state index in [4.69, 9.17) is 0 Å². The van der Waals surface area contributed by atoms with Gasteiger partial charge in [-0.1, -0.05) is 61.0 Å². The molecular weight excluding hydrogens is 220 g/mol. The second-order valence-corrected chi connectivity index (χ2v) is 5.09. The third-order valence-electron chi connectivity index (χ3n) is 3.93. The lowest BCUT2D eigenvalue weighted by Gasteiger charge is -2.15. The molecule has 2 aromatic carbocycles. The van der Waals surface area contributed by atoms with E-state index < -0.39 is 0 Å². The molecule has 0 spiro atoms. The Balaban J connectivity index is 1.85. The van der Waals surface area contributed by atoms with Gasteiger partial charge in [-0.3, -0.25) is 0 Å². The smallest absolute Gasteiger partial charge is 0.0608 e. The largest absolute Gasteiger partial charge is 0.392 e. The molecule has 0 radical (unpaired) electrons. The van der Waals surface area contributed by atoms with Gasteiger partial charge in [0.25, 0.3) is 0 Å². The molecule has 92 valence electrons. The maximum atomic E-state index is 9.93. The van der Waals surface area contributed by atoms with E-state index in [2.05, 4.69) is 48.5 Å². The normalized spacial score (nSPS) is 23.2. The summed E-state index contributed by atoms with van der Waals surface area (Å²) in [4.78, 5) is 0. The molecule has 0 amide bonds. The van der Waals surface area contributed by atoms with E-state index >= 15 is 0 Å². The monoisotopic (exact) mass is 238 g/mol. The van der Waals surface area contributed by atoms with Crippen molar-refractivity contribution in [3.63, 3.8) is 0 Å². The lowest BCUT2D eigenvalue weighted by atomic mass is 9.94. The van der Waals surface area contributed by atoms with Crippen LogP contribution in [0.1, 0.15) is 30.7 Å². The number of benzene rings is 2. The highest BCUT2D eigenvalue weighted by atomic mass is 16.3. The van der Waals surface area contributed by atoms with Crippen molar-refractivity contribution in [3.8, 4) is 11.1 Å². The zero-order valence-electron chi connectivity index (χ0n) is 10.4. The van der Waals surface area contributed by atoms with Gasteiger partial charge in [-0.25, -0.2) is 0 Å². The zero-order chi connectivity index (χ0) is 12.4. The lowest BCUT2D eigenvalue weighted by molar-refractivity contribution is 0.164. The van der Waals surface area contributed by atoms with Crippen LogP contribution < -0.4 is 0 Å². The predicted octanol–water partition coefficient (Wildman–Crippen LogP) is 3.98. The van der Waals surface area contributed by atoms with Crippen LogP contribution in [0.15, 0.2) is 54.6 Å². The van der Waals surface area contributed by atoms with Gasteiger partial charge in [0, 0.05) is 5.92 Å². The van der Waals surface area contributed by atoms with E-state index in [9.17, 15) is 5.11 Å². The van der Waals surface area contributed by atoms with Gasteiger partial charge in [-0.05, 0) is 29.5 Å². The Morgan fingerprint density at radius 3 is 2.06 bits per heavy atom. The summed E-state index contributed by atoms with van der Waals surface area (Å²) in [5.41, 5.74) is 3.77. The fourth-order valence-electron chi connectivity index (χ4n) is 2.88. The Hall–Kier alpha value is -1.60. The Bertz CT molecular complexity index is 501. The Morgan fingerprint density at radius 1 is 0.778 bits per heavy atom. The molecule has 0 saturated heterocycles. The van der Waals surface area contributed by atoms with Gasteiger partial charge in [0.1, 0.15) is 0 Å². The van der Waals surface area contributed by atoms with Crippen LogP contribution >= 0.6 is 0 Å². The maximum absolute atomic E-state index is 9.93. The van der Waals surface area contributed by atoms with E-state index in [1.54, 1.807) is 0 Å². The van der Waals surface area contributed by atoms with Crippen molar-refractivity contribution in [2.45, 2.75) is 31.3 Å². The molecule has 3 rings (SSSR count). The first kappa shape index (κ1) is 11.5. The Kier molecular flexibility index (Phi) is 3.16. The summed E-state index contributed by atoms with van der Waals surface area (Å²) >= 11 is 0. The summed E-state index contributed by atoms with van der Waals surface area (Å²) in [6.07, 6.45) is 3.07. The third-order valence-corrected chi connectivity index (χ3v) is 3.93. The van der Waals surface area contributed by atoms with E-state index in [1.165, 1.54) is 16.7 Å². The topological polar surface area (TPSA) is 20.2 Å². The molecule has 1 fully saturated rings. The standard InChI is InChI=1S/C17H18O/c18-17-8-4-7-16(17)15-11-9-14(10-12-15)13-5-2-1-3-6-13/h1-3,5-6,9-12,16-18H,4,7-8H2. The van der Waals surface area contributed by atoms with Crippen molar-refractivity contribution in [3.05, 3.63) is 60.2 Å². The van der Waals surface area contributed by atoms with Gasteiger partial charge in [0.15, 0.2) is 0 Å². The van der Waals surface area contributed by atoms with Gasteiger partial charge in [-0.15, -0.1) is 0 Å². The molecule has 1 aliphatic rings. The van der Waals surface area contributed by atoms with Crippen LogP contribution in [0.2, 0.25) is 0 Å². The molecule has 0 bridgehead atoms. The van der Waals surface area contributed by atoms with Crippen molar-refractivity contribution in [1.82, 2.24) is 0 Å². The summed E-state index contributed by atoms with van der Waals surface area (Å²) < 4.78 is 0. The van der Waals surface area contributed by atoms with Gasteiger partial charge in [-0.2, -0.15) is 0 Å². The molecular formula is C17H18O. The van der Waals surface area contributed by atoms with Crippen molar-refractivity contribution in [1.29, 1.82) is 0 Å². The maximum Gasteiger partial charge on any atom is 0.0608 e. The molecule has 2 unspecified atom stereocenters. The molecule has 1 aliphatic carbocycles. The van der Waals surface area contributed by atoms with Gasteiger partial charge in [0.2, 0.25) is 0 Å². The highest BCUT2D eigenvalue weighted by Crippen LogP contribution is 2.35. The first-order valence-electron chi connectivity index (χ1n) is 6.68. The number of hydrogen-bond acceptors (Lipinski definition) is 1. The van der Waals surface area contributed by atoms with E-state index in [-0.39, 0.29) is 6.10 Å². The van der Waals surface area contributed by atoms with Crippen molar-refractivity contribution in [2.75, 3.05) is 0 Å². The van der Waals surface area contributed by atoms with Crippen LogP contribution in [-0.4, -0.2) is 11.2 Å². The molecule has 0 aromatic heterocycles. The SMILES string of the molecule is OC1CCCC1c1ccc(-c2ccccc2)cc1. The number of aliphatic hydroxyl groups is 1. The molecule has 2 atom stereocenters. The van der Waals surface area contributed by atoms with Crippen LogP contribution in [0.3, 0.4) is 0 Å². The summed E-state index contributed by atoms with van der Waals surface area (Å²) in [5, 5.41) is 9.93. The minimum atomic E-state index is -0.146. The first-order valence-corrected chi connectivity index (χ1v) is 6.68. The second kappa shape index (κ2) is 4.95. The van der Waals surface area contributed by atoms with Crippen LogP contribution in [0.4, 0.5) is 0 Å². The molecule has 2 aromatic rings. The average Bonchev–Trinajstić information content (AvgIpc) is 2.86. The third kappa shape index (κ3) is 2.19. The van der Waals surface area contributed by atoms with Crippen molar-refractivity contribution >= 4 is 0 Å². The number of aliphatic hydroxyl groups excluding tert-OH is 1. The average molecular weight is 238 g/mol. The highest BCUT2D eigenvalue weighted by Gasteiger charge is 2.26. The molecule has 0 aliphatic heterocycles. The van der Waals surface area contributed by atoms with E-state index in [0.29, 0.717) is 5.92 Å². The molecule has 0 heterocycles. The zero-order valence-corrected chi connectivity index (χ0v) is 10.4. The van der Waals surface area contributed by atoms with Gasteiger partial charge >= 0.3 is 0 Å². The minimum absolute atomic E-state index is 0.146. The van der Waals surface area contributed by atoms with E-state index in [0.717, 1.165) is 19.3 Å². The minimum Gasteiger partial charge on any atom is -0.392 e. The summed E-state index contributed by atoms with van der Waals surface area (Å²) in [6.45, 7) is 0. The van der Waals surface area contributed by atoms with E-state index in [1.807, 2.05) is 6.07 Å². The first-order chi connectivity index (χ1) is 8.84. The van der Waals surface area contributed by atoms with Crippen LogP contribution in [0.25, 0.3) is 11.1 Å². The highest BCUT2D eigenvalue weighted by molar-refractivity contribution is 5.63. The molecule has 1 nitrogen and oxygen atoms in total. The Labute approximate surface area is 108 Å². The molecule has 18 heavy (non-hydrogen) atoms. The Morgan fingerprint density at radius 2 is 1.44 bits per heavy atom. The lowest BCUT2D eigenvalue weighted by Crippen LogP contribution is -2.10. The van der Waals surface area contributed by atoms with Crippen LogP contribution in [0, 0.1) is 0 Å². The fourth-order valence-corrected chi connectivity index (χ4v) is 2.88. The fraction of sp³-hybridized carbons (Fsp3) is 0.294.